The first-order valence-corrected chi connectivity index (χ1v) is 5.66. The zero-order chi connectivity index (χ0) is 11.5. The van der Waals surface area contributed by atoms with Crippen molar-refractivity contribution >= 4 is 11.4 Å². The van der Waals surface area contributed by atoms with Crippen LogP contribution >= 0.6 is 0 Å². The molecule has 1 aliphatic rings. The lowest BCUT2D eigenvalue weighted by molar-refractivity contribution is 0.172. The molecule has 0 spiro atoms. The van der Waals surface area contributed by atoms with Crippen molar-refractivity contribution < 1.29 is 9.47 Å². The summed E-state index contributed by atoms with van der Waals surface area (Å²) in [7, 11) is 0. The van der Waals surface area contributed by atoms with Gasteiger partial charge in [0.15, 0.2) is 11.5 Å². The van der Waals surface area contributed by atoms with Crippen LogP contribution in [0.5, 0.6) is 11.5 Å². The molecular weight excluding hydrogens is 204 g/mol. The lowest BCUT2D eigenvalue weighted by atomic mass is 10.2. The van der Waals surface area contributed by atoms with Gasteiger partial charge in [-0.05, 0) is 13.3 Å². The van der Waals surface area contributed by atoms with E-state index in [1.54, 1.807) is 0 Å². The van der Waals surface area contributed by atoms with Crippen molar-refractivity contribution in [2.75, 3.05) is 24.3 Å². The van der Waals surface area contributed by atoms with Crippen molar-refractivity contribution in [1.82, 2.24) is 0 Å². The second-order valence-corrected chi connectivity index (χ2v) is 4.04. The molecule has 0 amide bonds. The van der Waals surface area contributed by atoms with Gasteiger partial charge in [0.2, 0.25) is 0 Å². The monoisotopic (exact) mass is 222 g/mol. The van der Waals surface area contributed by atoms with E-state index in [1.165, 1.54) is 0 Å². The van der Waals surface area contributed by atoms with Gasteiger partial charge >= 0.3 is 0 Å². The molecule has 0 aromatic heterocycles. The molecule has 1 aromatic rings. The van der Waals surface area contributed by atoms with E-state index in [9.17, 15) is 0 Å². The molecule has 4 nitrogen and oxygen atoms in total. The Kier molecular flexibility index (Phi) is 3.08. The van der Waals surface area contributed by atoms with Crippen LogP contribution in [0.4, 0.5) is 11.4 Å². The summed E-state index contributed by atoms with van der Waals surface area (Å²) in [5.41, 5.74) is 7.56. The van der Waals surface area contributed by atoms with Crippen molar-refractivity contribution in [1.29, 1.82) is 0 Å². The van der Waals surface area contributed by atoms with Crippen LogP contribution in [0.3, 0.4) is 0 Å². The average Bonchev–Trinajstić information content (AvgIpc) is 2.30. The number of nitrogens with one attached hydrogen (secondary N) is 1. The Balaban J connectivity index is 2.25. The zero-order valence-corrected chi connectivity index (χ0v) is 9.75. The van der Waals surface area contributed by atoms with Crippen molar-refractivity contribution in [2.24, 2.45) is 0 Å². The fraction of sp³-hybridized carbons (Fsp3) is 0.500. The lowest BCUT2D eigenvalue weighted by Crippen LogP contribution is -2.18. The number of benzene rings is 1. The molecule has 1 atom stereocenters. The Labute approximate surface area is 95.7 Å². The molecule has 16 heavy (non-hydrogen) atoms. The minimum absolute atomic E-state index is 0.393. The summed E-state index contributed by atoms with van der Waals surface area (Å²) in [4.78, 5) is 0. The summed E-state index contributed by atoms with van der Waals surface area (Å²) in [6, 6.07) is 4.12. The minimum Gasteiger partial charge on any atom is -0.486 e. The summed E-state index contributed by atoms with van der Waals surface area (Å²) in [5.74, 6) is 1.50. The summed E-state index contributed by atoms with van der Waals surface area (Å²) in [6.07, 6.45) is 1.05. The van der Waals surface area contributed by atoms with Crippen LogP contribution in [0.2, 0.25) is 0 Å². The molecule has 1 heterocycles. The predicted octanol–water partition coefficient (Wildman–Crippen LogP) is 2.25. The minimum atomic E-state index is 0.393. The van der Waals surface area contributed by atoms with Gasteiger partial charge in [-0.3, -0.25) is 0 Å². The van der Waals surface area contributed by atoms with E-state index in [0.717, 1.165) is 23.6 Å². The first kappa shape index (κ1) is 10.9. The van der Waals surface area contributed by atoms with Crippen molar-refractivity contribution in [2.45, 2.75) is 26.3 Å². The third-order valence-corrected chi connectivity index (χ3v) is 2.73. The van der Waals surface area contributed by atoms with Crippen LogP contribution in [0.15, 0.2) is 12.1 Å². The molecule has 2 rings (SSSR count). The van der Waals surface area contributed by atoms with Gasteiger partial charge in [0.05, 0.1) is 11.4 Å². The van der Waals surface area contributed by atoms with Gasteiger partial charge in [0.25, 0.3) is 0 Å². The van der Waals surface area contributed by atoms with E-state index in [2.05, 4.69) is 19.2 Å². The summed E-state index contributed by atoms with van der Waals surface area (Å²) in [5, 5.41) is 3.35. The number of nitrogens with two attached hydrogens (primary N) is 1. The second kappa shape index (κ2) is 4.51. The van der Waals surface area contributed by atoms with Crippen LogP contribution < -0.4 is 20.5 Å². The Hall–Kier alpha value is -1.58. The van der Waals surface area contributed by atoms with Gasteiger partial charge in [-0.15, -0.1) is 0 Å². The van der Waals surface area contributed by atoms with Crippen molar-refractivity contribution in [3.63, 3.8) is 0 Å². The SMILES string of the molecule is CCC(C)Nc1cc2c(cc1N)OCCO2. The predicted molar refractivity (Wildman–Crippen MR) is 65.2 cm³/mol. The van der Waals surface area contributed by atoms with Gasteiger partial charge in [0, 0.05) is 18.2 Å². The maximum Gasteiger partial charge on any atom is 0.163 e. The first-order valence-electron chi connectivity index (χ1n) is 5.66. The smallest absolute Gasteiger partial charge is 0.163 e. The highest BCUT2D eigenvalue weighted by Gasteiger charge is 2.15. The highest BCUT2D eigenvalue weighted by Crippen LogP contribution is 2.37. The molecule has 88 valence electrons. The third kappa shape index (κ3) is 2.15. The molecule has 0 saturated carbocycles. The molecule has 1 aromatic carbocycles. The Morgan fingerprint density at radius 1 is 1.31 bits per heavy atom. The van der Waals surface area contributed by atoms with E-state index in [1.807, 2.05) is 12.1 Å². The molecule has 3 N–H and O–H groups in total. The van der Waals surface area contributed by atoms with E-state index in [0.29, 0.717) is 24.9 Å². The van der Waals surface area contributed by atoms with E-state index in [-0.39, 0.29) is 0 Å². The van der Waals surface area contributed by atoms with Crippen LogP contribution in [0, 0.1) is 0 Å². The lowest BCUT2D eigenvalue weighted by Gasteiger charge is -2.22. The topological polar surface area (TPSA) is 56.5 Å². The van der Waals surface area contributed by atoms with Gasteiger partial charge in [-0.2, -0.15) is 0 Å². The van der Waals surface area contributed by atoms with E-state index < -0.39 is 0 Å². The molecule has 0 fully saturated rings. The van der Waals surface area contributed by atoms with Crippen molar-refractivity contribution in [3.8, 4) is 11.5 Å². The number of rotatable bonds is 3. The number of ether oxygens (including phenoxy) is 2. The summed E-state index contributed by atoms with van der Waals surface area (Å²) < 4.78 is 11.0. The van der Waals surface area contributed by atoms with Crippen LogP contribution in [-0.4, -0.2) is 19.3 Å². The second-order valence-electron chi connectivity index (χ2n) is 4.04. The highest BCUT2D eigenvalue weighted by atomic mass is 16.6. The Morgan fingerprint density at radius 3 is 2.56 bits per heavy atom. The molecule has 0 radical (unpaired) electrons. The molecular formula is C12H18N2O2. The van der Waals surface area contributed by atoms with Gasteiger partial charge in [0.1, 0.15) is 13.2 Å². The fourth-order valence-electron chi connectivity index (χ4n) is 1.60. The Bertz CT molecular complexity index is 380. The van der Waals surface area contributed by atoms with Crippen LogP contribution in [-0.2, 0) is 0 Å². The normalized spacial score (nSPS) is 15.6. The van der Waals surface area contributed by atoms with Crippen LogP contribution in [0.1, 0.15) is 20.3 Å². The van der Waals surface area contributed by atoms with E-state index in [4.69, 9.17) is 15.2 Å². The third-order valence-electron chi connectivity index (χ3n) is 2.73. The molecule has 0 saturated heterocycles. The number of anilines is 2. The quantitative estimate of drug-likeness (QED) is 0.770. The van der Waals surface area contributed by atoms with Crippen molar-refractivity contribution in [3.05, 3.63) is 12.1 Å². The van der Waals surface area contributed by atoms with Gasteiger partial charge in [-0.25, -0.2) is 0 Å². The van der Waals surface area contributed by atoms with Gasteiger partial charge in [-0.1, -0.05) is 6.92 Å². The molecule has 0 bridgehead atoms. The number of hydrogen-bond acceptors (Lipinski definition) is 4. The zero-order valence-electron chi connectivity index (χ0n) is 9.75. The molecule has 1 aliphatic heterocycles. The highest BCUT2D eigenvalue weighted by molar-refractivity contribution is 5.72. The Morgan fingerprint density at radius 2 is 1.94 bits per heavy atom. The summed E-state index contributed by atoms with van der Waals surface area (Å²) in [6.45, 7) is 5.44. The summed E-state index contributed by atoms with van der Waals surface area (Å²) >= 11 is 0. The largest absolute Gasteiger partial charge is 0.486 e. The maximum absolute atomic E-state index is 5.95. The number of nitrogen functional groups attached to an aromatic ring is 1. The average molecular weight is 222 g/mol. The first-order chi connectivity index (χ1) is 7.70. The van der Waals surface area contributed by atoms with E-state index >= 15 is 0 Å². The number of fused-ring (bicyclic) bond motifs is 1. The maximum atomic E-state index is 5.95. The molecule has 1 unspecified atom stereocenters. The standard InChI is InChI=1S/C12H18N2O2/c1-3-8(2)14-10-7-12-11(6-9(10)13)15-4-5-16-12/h6-8,14H,3-5,13H2,1-2H3. The molecule has 4 heteroatoms. The number of hydrogen-bond donors (Lipinski definition) is 2. The van der Waals surface area contributed by atoms with Gasteiger partial charge < -0.3 is 20.5 Å². The fourth-order valence-corrected chi connectivity index (χ4v) is 1.60. The molecule has 0 aliphatic carbocycles. The van der Waals surface area contributed by atoms with Crippen LogP contribution in [0.25, 0.3) is 0 Å².